The van der Waals surface area contributed by atoms with Gasteiger partial charge in [-0.15, -0.1) is 0 Å². The van der Waals surface area contributed by atoms with E-state index in [9.17, 15) is 14.7 Å². The van der Waals surface area contributed by atoms with E-state index in [4.69, 9.17) is 13.9 Å². The number of aromatic hydroxyl groups is 1. The number of phenols is 1. The topological polar surface area (TPSA) is 98.0 Å². The first-order valence-electron chi connectivity index (χ1n) is 11.8. The average molecular weight is 486 g/mol. The van der Waals surface area contributed by atoms with Crippen LogP contribution in [-0.2, 0) is 20.9 Å². The summed E-state index contributed by atoms with van der Waals surface area (Å²) in [7, 11) is 1.62. The number of furan rings is 1. The fraction of sp³-hybridized carbons (Fsp3) is 0.241. The molecule has 2 heterocycles. The maximum atomic E-state index is 13.7. The van der Waals surface area contributed by atoms with Gasteiger partial charge in [-0.25, -0.2) is 4.79 Å². The van der Waals surface area contributed by atoms with E-state index in [1.165, 1.54) is 6.26 Å². The number of nitrogens with one attached hydrogen (secondary N) is 1. The van der Waals surface area contributed by atoms with Gasteiger partial charge >= 0.3 is 5.97 Å². The molecule has 0 amide bonds. The monoisotopic (exact) mass is 485 g/mol. The SMILES string of the molecule is COc1ccccc1C1CC(=O)C2=C(C1)NC(C)=C(C(=O)OCc1ccco1)C2c1cccc(O)c1. The van der Waals surface area contributed by atoms with Crippen molar-refractivity contribution in [2.24, 2.45) is 0 Å². The Balaban J connectivity index is 1.54. The van der Waals surface area contributed by atoms with Crippen LogP contribution in [0.3, 0.4) is 0 Å². The second-order valence-corrected chi connectivity index (χ2v) is 9.01. The van der Waals surface area contributed by atoms with Gasteiger partial charge in [0.2, 0.25) is 0 Å². The minimum Gasteiger partial charge on any atom is -0.508 e. The minimum atomic E-state index is -0.663. The first-order chi connectivity index (χ1) is 17.5. The number of esters is 1. The first kappa shape index (κ1) is 23.5. The van der Waals surface area contributed by atoms with E-state index < -0.39 is 11.9 Å². The van der Waals surface area contributed by atoms with Crippen molar-refractivity contribution in [3.8, 4) is 11.5 Å². The molecule has 184 valence electrons. The zero-order chi connectivity index (χ0) is 25.2. The largest absolute Gasteiger partial charge is 0.508 e. The summed E-state index contributed by atoms with van der Waals surface area (Å²) in [6, 6.07) is 17.8. The van der Waals surface area contributed by atoms with Crippen LogP contribution < -0.4 is 10.1 Å². The molecule has 0 fully saturated rings. The smallest absolute Gasteiger partial charge is 0.337 e. The van der Waals surface area contributed by atoms with Crippen LogP contribution in [0.4, 0.5) is 0 Å². The summed E-state index contributed by atoms with van der Waals surface area (Å²) < 4.78 is 16.4. The van der Waals surface area contributed by atoms with Crippen molar-refractivity contribution in [2.75, 3.05) is 7.11 Å². The minimum absolute atomic E-state index is 0.0227. The zero-order valence-corrected chi connectivity index (χ0v) is 20.1. The number of hydrogen-bond acceptors (Lipinski definition) is 7. The van der Waals surface area contributed by atoms with E-state index in [1.807, 2.05) is 30.3 Å². The third-order valence-corrected chi connectivity index (χ3v) is 6.76. The summed E-state index contributed by atoms with van der Waals surface area (Å²) in [6.07, 6.45) is 2.38. The Morgan fingerprint density at radius 3 is 2.69 bits per heavy atom. The number of allylic oxidation sites excluding steroid dienone is 3. The molecule has 2 aromatic carbocycles. The van der Waals surface area contributed by atoms with Crippen LogP contribution in [0.15, 0.2) is 93.9 Å². The Bertz CT molecular complexity index is 1370. The number of carbonyl (C=O) groups excluding carboxylic acids is 2. The van der Waals surface area contributed by atoms with Crippen LogP contribution in [0.25, 0.3) is 0 Å². The normalized spacial score (nSPS) is 19.6. The number of Topliss-reactive ketones (excluding diaryl/α,β-unsaturated/α-hetero) is 1. The fourth-order valence-electron chi connectivity index (χ4n) is 5.18. The van der Waals surface area contributed by atoms with Crippen LogP contribution >= 0.6 is 0 Å². The molecule has 0 spiro atoms. The molecule has 2 atom stereocenters. The highest BCUT2D eigenvalue weighted by atomic mass is 16.5. The van der Waals surface area contributed by atoms with Crippen LogP contribution in [0.2, 0.25) is 0 Å². The number of para-hydroxylation sites is 1. The van der Waals surface area contributed by atoms with Gasteiger partial charge in [0.15, 0.2) is 5.78 Å². The van der Waals surface area contributed by atoms with Gasteiger partial charge in [-0.1, -0.05) is 30.3 Å². The van der Waals surface area contributed by atoms with Gasteiger partial charge < -0.3 is 24.3 Å². The maximum Gasteiger partial charge on any atom is 0.337 e. The van der Waals surface area contributed by atoms with Crippen LogP contribution in [0, 0.1) is 0 Å². The number of phenolic OH excluding ortho intramolecular Hbond substituents is 1. The molecule has 5 rings (SSSR count). The molecule has 0 radical (unpaired) electrons. The summed E-state index contributed by atoms with van der Waals surface area (Å²) in [5.74, 6) is -0.00709. The molecule has 36 heavy (non-hydrogen) atoms. The number of hydrogen-bond donors (Lipinski definition) is 2. The van der Waals surface area contributed by atoms with Gasteiger partial charge in [0.25, 0.3) is 0 Å². The molecule has 1 aliphatic heterocycles. The molecule has 1 aliphatic carbocycles. The van der Waals surface area contributed by atoms with Gasteiger partial charge in [0, 0.05) is 35.2 Å². The van der Waals surface area contributed by atoms with E-state index in [-0.39, 0.29) is 30.5 Å². The third-order valence-electron chi connectivity index (χ3n) is 6.76. The van der Waals surface area contributed by atoms with E-state index in [0.29, 0.717) is 34.6 Å². The van der Waals surface area contributed by atoms with E-state index in [1.54, 1.807) is 44.4 Å². The lowest BCUT2D eigenvalue weighted by Crippen LogP contribution is -2.36. The van der Waals surface area contributed by atoms with Crippen molar-refractivity contribution in [2.45, 2.75) is 38.2 Å². The predicted octanol–water partition coefficient (Wildman–Crippen LogP) is 5.10. The molecule has 7 heteroatoms. The molecule has 2 aliphatic rings. The number of benzene rings is 2. The van der Waals surface area contributed by atoms with Gasteiger partial charge in [-0.2, -0.15) is 0 Å². The summed E-state index contributed by atoms with van der Waals surface area (Å²) in [5, 5.41) is 13.5. The molecule has 3 aromatic rings. The molecule has 1 aromatic heterocycles. The van der Waals surface area contributed by atoms with Gasteiger partial charge in [0.05, 0.1) is 18.9 Å². The molecule has 2 N–H and O–H groups in total. The molecule has 0 saturated carbocycles. The standard InChI is InChI=1S/C29H27NO6/c1-17-26(29(33)36-16-21-9-6-12-35-21)27(18-7-5-8-20(31)13-18)28-23(30-17)14-19(15-24(28)32)22-10-3-4-11-25(22)34-2/h3-13,19,27,30-31H,14-16H2,1-2H3. The van der Waals surface area contributed by atoms with E-state index >= 15 is 0 Å². The molecule has 7 nitrogen and oxygen atoms in total. The highest BCUT2D eigenvalue weighted by molar-refractivity contribution is 6.04. The third kappa shape index (κ3) is 4.40. The number of rotatable bonds is 6. The Hall–Kier alpha value is -4.26. The van der Waals surface area contributed by atoms with E-state index in [2.05, 4.69) is 5.32 Å². The van der Waals surface area contributed by atoms with Crippen molar-refractivity contribution in [3.63, 3.8) is 0 Å². The number of methoxy groups -OCH3 is 1. The summed E-state index contributed by atoms with van der Waals surface area (Å²) in [5.41, 5.74) is 3.88. The zero-order valence-electron chi connectivity index (χ0n) is 20.1. The lowest BCUT2D eigenvalue weighted by Gasteiger charge is -2.37. The Morgan fingerprint density at radius 2 is 1.94 bits per heavy atom. The highest BCUT2D eigenvalue weighted by Gasteiger charge is 2.42. The summed E-state index contributed by atoms with van der Waals surface area (Å²) in [4.78, 5) is 27.1. The van der Waals surface area contributed by atoms with Crippen molar-refractivity contribution in [3.05, 3.63) is 106 Å². The molecule has 0 saturated heterocycles. The lowest BCUT2D eigenvalue weighted by atomic mass is 9.71. The van der Waals surface area contributed by atoms with E-state index in [0.717, 1.165) is 17.0 Å². The quantitative estimate of drug-likeness (QED) is 0.469. The molecular formula is C29H27NO6. The van der Waals surface area contributed by atoms with Gasteiger partial charge in [-0.3, -0.25) is 4.79 Å². The predicted molar refractivity (Wildman–Crippen MR) is 132 cm³/mol. The van der Waals surface area contributed by atoms with Crippen LogP contribution in [-0.4, -0.2) is 24.0 Å². The van der Waals surface area contributed by atoms with Gasteiger partial charge in [0.1, 0.15) is 23.9 Å². The average Bonchev–Trinajstić information content (AvgIpc) is 3.40. The highest BCUT2D eigenvalue weighted by Crippen LogP contribution is 2.47. The number of carbonyl (C=O) groups is 2. The maximum absolute atomic E-state index is 13.7. The summed E-state index contributed by atoms with van der Waals surface area (Å²) in [6.45, 7) is 1.78. The number of dihydropyridines is 1. The Kier molecular flexibility index (Phi) is 6.38. The molecule has 0 bridgehead atoms. The second-order valence-electron chi connectivity index (χ2n) is 9.01. The fourth-order valence-corrected chi connectivity index (χ4v) is 5.18. The van der Waals surface area contributed by atoms with Crippen LogP contribution in [0.5, 0.6) is 11.5 Å². The van der Waals surface area contributed by atoms with Crippen LogP contribution in [0.1, 0.15) is 48.5 Å². The molecule has 2 unspecified atom stereocenters. The number of ether oxygens (including phenoxy) is 2. The lowest BCUT2D eigenvalue weighted by molar-refractivity contribution is -0.141. The van der Waals surface area contributed by atoms with Crippen molar-refractivity contribution in [1.82, 2.24) is 5.32 Å². The Morgan fingerprint density at radius 1 is 1.11 bits per heavy atom. The van der Waals surface area contributed by atoms with Gasteiger partial charge in [-0.05, 0) is 54.8 Å². The van der Waals surface area contributed by atoms with Crippen molar-refractivity contribution in [1.29, 1.82) is 0 Å². The van der Waals surface area contributed by atoms with Crippen molar-refractivity contribution < 1.29 is 28.6 Å². The molecular weight excluding hydrogens is 458 g/mol. The summed E-state index contributed by atoms with van der Waals surface area (Å²) >= 11 is 0. The number of ketones is 1. The Labute approximate surface area is 209 Å². The second kappa shape index (κ2) is 9.77. The van der Waals surface area contributed by atoms with Crippen molar-refractivity contribution >= 4 is 11.8 Å². The first-order valence-corrected chi connectivity index (χ1v) is 11.8.